The van der Waals surface area contributed by atoms with Crippen LogP contribution in [-0.2, 0) is 10.0 Å². The Bertz CT molecular complexity index is 1120. The molecule has 0 bridgehead atoms. The van der Waals surface area contributed by atoms with Crippen molar-refractivity contribution in [2.45, 2.75) is 37.7 Å². The Labute approximate surface area is 174 Å². The van der Waals surface area contributed by atoms with Crippen LogP contribution in [0.2, 0.25) is 5.02 Å². The molecule has 0 atom stereocenters. The van der Waals surface area contributed by atoms with E-state index < -0.39 is 10.0 Å². The number of nitrogens with zero attached hydrogens (tertiary/aromatic N) is 2. The summed E-state index contributed by atoms with van der Waals surface area (Å²) in [6.45, 7) is 4.61. The molecule has 1 fully saturated rings. The lowest BCUT2D eigenvalue weighted by Crippen LogP contribution is -2.41. The molecule has 0 saturated carbocycles. The summed E-state index contributed by atoms with van der Waals surface area (Å²) in [5.41, 5.74) is 2.69. The van der Waals surface area contributed by atoms with Crippen LogP contribution in [0.5, 0.6) is 5.19 Å². The number of hydrogen-bond acceptors (Lipinski definition) is 5. The minimum Gasteiger partial charge on any atom is -0.467 e. The summed E-state index contributed by atoms with van der Waals surface area (Å²) in [7, 11) is -3.56. The highest BCUT2D eigenvalue weighted by atomic mass is 35.5. The number of sulfonamides is 1. The second-order valence-electron chi connectivity index (χ2n) is 6.99. The number of rotatable bonds is 4. The minimum atomic E-state index is -3.56. The lowest BCUT2D eigenvalue weighted by Gasteiger charge is -2.31. The number of fused-ring (bicyclic) bond motifs is 1. The Morgan fingerprint density at radius 3 is 2.57 bits per heavy atom. The van der Waals surface area contributed by atoms with Gasteiger partial charge in [0, 0.05) is 18.1 Å². The minimum absolute atomic E-state index is 0.0345. The fraction of sp³-hybridized carbons (Fsp3) is 0.350. The predicted octanol–water partition coefficient (Wildman–Crippen LogP) is 4.80. The third-order valence-electron chi connectivity index (χ3n) is 5.11. The second kappa shape index (κ2) is 7.63. The van der Waals surface area contributed by atoms with Crippen molar-refractivity contribution >= 4 is 43.2 Å². The molecule has 4 rings (SSSR count). The smallest absolute Gasteiger partial charge is 0.274 e. The van der Waals surface area contributed by atoms with Crippen LogP contribution in [0.15, 0.2) is 41.3 Å². The summed E-state index contributed by atoms with van der Waals surface area (Å²) < 4.78 is 34.7. The summed E-state index contributed by atoms with van der Waals surface area (Å²) in [6, 6.07) is 11.1. The molecule has 0 spiro atoms. The van der Waals surface area contributed by atoms with E-state index in [0.29, 0.717) is 41.7 Å². The van der Waals surface area contributed by atoms with Gasteiger partial charge in [0.2, 0.25) is 10.0 Å². The Morgan fingerprint density at radius 2 is 1.86 bits per heavy atom. The molecule has 0 unspecified atom stereocenters. The van der Waals surface area contributed by atoms with Crippen molar-refractivity contribution in [2.75, 3.05) is 13.1 Å². The van der Waals surface area contributed by atoms with Crippen molar-refractivity contribution in [2.24, 2.45) is 0 Å². The largest absolute Gasteiger partial charge is 0.467 e. The van der Waals surface area contributed by atoms with Crippen LogP contribution in [0.3, 0.4) is 0 Å². The normalized spacial score (nSPS) is 16.5. The van der Waals surface area contributed by atoms with Gasteiger partial charge in [-0.05, 0) is 56.0 Å². The third kappa shape index (κ3) is 3.64. The van der Waals surface area contributed by atoms with Gasteiger partial charge in [-0.15, -0.1) is 0 Å². The number of piperidine rings is 1. The van der Waals surface area contributed by atoms with Crippen molar-refractivity contribution in [1.82, 2.24) is 9.29 Å². The molecule has 5 nitrogen and oxygen atoms in total. The number of para-hydroxylation sites is 1. The molecule has 0 amide bonds. The van der Waals surface area contributed by atoms with Crippen molar-refractivity contribution < 1.29 is 13.2 Å². The predicted molar refractivity (Wildman–Crippen MR) is 113 cm³/mol. The van der Waals surface area contributed by atoms with Crippen LogP contribution in [0, 0.1) is 13.8 Å². The lowest BCUT2D eigenvalue weighted by molar-refractivity contribution is 0.135. The molecule has 2 aromatic carbocycles. The van der Waals surface area contributed by atoms with E-state index in [1.165, 1.54) is 15.6 Å². The molecule has 8 heteroatoms. The molecule has 0 N–H and O–H groups in total. The molecule has 1 saturated heterocycles. The van der Waals surface area contributed by atoms with E-state index in [1.807, 2.05) is 25.1 Å². The van der Waals surface area contributed by atoms with E-state index in [9.17, 15) is 8.42 Å². The number of hydrogen-bond donors (Lipinski definition) is 0. The number of aromatic nitrogens is 1. The fourth-order valence-corrected chi connectivity index (χ4v) is 6.36. The van der Waals surface area contributed by atoms with Crippen molar-refractivity contribution in [3.63, 3.8) is 0 Å². The van der Waals surface area contributed by atoms with Crippen molar-refractivity contribution in [3.05, 3.63) is 52.5 Å². The van der Waals surface area contributed by atoms with Crippen molar-refractivity contribution in [1.29, 1.82) is 0 Å². The molecular weight excluding hydrogens is 416 g/mol. The zero-order chi connectivity index (χ0) is 19.9. The molecule has 1 aliphatic rings. The fourth-order valence-electron chi connectivity index (χ4n) is 3.46. The highest BCUT2D eigenvalue weighted by Crippen LogP contribution is 2.32. The van der Waals surface area contributed by atoms with Gasteiger partial charge in [-0.3, -0.25) is 0 Å². The molecule has 2 heterocycles. The number of benzene rings is 2. The maximum Gasteiger partial charge on any atom is 0.274 e. The van der Waals surface area contributed by atoms with Gasteiger partial charge in [0.25, 0.3) is 5.19 Å². The monoisotopic (exact) mass is 436 g/mol. The number of thiazole rings is 1. The van der Waals surface area contributed by atoms with Crippen LogP contribution >= 0.6 is 22.9 Å². The van der Waals surface area contributed by atoms with Gasteiger partial charge in [0.15, 0.2) is 0 Å². The summed E-state index contributed by atoms with van der Waals surface area (Å²) in [4.78, 5) is 4.87. The Balaban J connectivity index is 1.45. The average molecular weight is 437 g/mol. The third-order valence-corrected chi connectivity index (χ3v) is 8.47. The molecule has 148 valence electrons. The second-order valence-corrected chi connectivity index (χ2v) is 10.3. The number of aryl methyl sites for hydroxylation is 1. The van der Waals surface area contributed by atoms with E-state index in [2.05, 4.69) is 4.98 Å². The Morgan fingerprint density at radius 1 is 1.14 bits per heavy atom. The summed E-state index contributed by atoms with van der Waals surface area (Å²) in [6.07, 6.45) is 1.23. The van der Waals surface area contributed by atoms with Gasteiger partial charge < -0.3 is 4.74 Å². The van der Waals surface area contributed by atoms with Crippen LogP contribution in [0.4, 0.5) is 0 Å². The van der Waals surface area contributed by atoms with E-state index in [0.717, 1.165) is 15.8 Å². The zero-order valence-corrected chi connectivity index (χ0v) is 18.1. The van der Waals surface area contributed by atoms with Gasteiger partial charge in [-0.2, -0.15) is 4.31 Å². The Hall–Kier alpha value is -1.67. The first-order chi connectivity index (χ1) is 13.4. The van der Waals surface area contributed by atoms with Gasteiger partial charge in [0.1, 0.15) is 6.10 Å². The SMILES string of the molecule is Cc1c(Cl)cccc1S(=O)(=O)N1CCC(Oc2nc3c(C)cccc3s2)CC1. The quantitative estimate of drug-likeness (QED) is 0.589. The van der Waals surface area contributed by atoms with Crippen LogP contribution < -0.4 is 4.74 Å². The lowest BCUT2D eigenvalue weighted by atomic mass is 10.1. The topological polar surface area (TPSA) is 59.5 Å². The van der Waals surface area contributed by atoms with Gasteiger partial charge in [-0.25, -0.2) is 13.4 Å². The van der Waals surface area contributed by atoms with Gasteiger partial charge in [0.05, 0.1) is 15.1 Å². The van der Waals surface area contributed by atoms with Crippen molar-refractivity contribution in [3.8, 4) is 5.19 Å². The Kier molecular flexibility index (Phi) is 5.35. The molecular formula is C20H21ClN2O3S2. The van der Waals surface area contributed by atoms with Crippen LogP contribution in [0.1, 0.15) is 24.0 Å². The maximum absolute atomic E-state index is 13.0. The van der Waals surface area contributed by atoms with E-state index >= 15 is 0 Å². The van der Waals surface area contributed by atoms with Gasteiger partial charge >= 0.3 is 0 Å². The molecule has 0 aliphatic carbocycles. The average Bonchev–Trinajstić information content (AvgIpc) is 3.08. The highest BCUT2D eigenvalue weighted by molar-refractivity contribution is 7.89. The summed E-state index contributed by atoms with van der Waals surface area (Å²) in [5, 5.41) is 1.11. The summed E-state index contributed by atoms with van der Waals surface area (Å²) >= 11 is 7.64. The van der Waals surface area contributed by atoms with E-state index in [4.69, 9.17) is 16.3 Å². The highest BCUT2D eigenvalue weighted by Gasteiger charge is 2.31. The summed E-state index contributed by atoms with van der Waals surface area (Å²) in [5.74, 6) is 0. The number of halogens is 1. The van der Waals surface area contributed by atoms with Crippen LogP contribution in [0.25, 0.3) is 10.2 Å². The van der Waals surface area contributed by atoms with Gasteiger partial charge in [-0.1, -0.05) is 41.1 Å². The maximum atomic E-state index is 13.0. The first-order valence-electron chi connectivity index (χ1n) is 9.14. The molecule has 1 aromatic heterocycles. The molecule has 3 aromatic rings. The van der Waals surface area contributed by atoms with E-state index in [1.54, 1.807) is 25.1 Å². The standard InChI is InChI=1S/C20H21ClN2O3S2/c1-13-5-3-7-17-19(13)22-20(27-17)26-15-9-11-23(12-10-15)28(24,25)18-8-4-6-16(21)14(18)2/h3-8,15H,9-12H2,1-2H3. The molecule has 0 radical (unpaired) electrons. The first-order valence-corrected chi connectivity index (χ1v) is 11.8. The van der Waals surface area contributed by atoms with Crippen LogP contribution in [-0.4, -0.2) is 36.9 Å². The van der Waals surface area contributed by atoms with E-state index in [-0.39, 0.29) is 11.0 Å². The first kappa shape index (κ1) is 19.6. The molecule has 1 aliphatic heterocycles. The zero-order valence-electron chi connectivity index (χ0n) is 15.7. The number of ether oxygens (including phenoxy) is 1. The molecule has 28 heavy (non-hydrogen) atoms.